The molecule has 2 heterocycles. The van der Waals surface area contributed by atoms with Gasteiger partial charge in [-0.05, 0) is 30.7 Å². The summed E-state index contributed by atoms with van der Waals surface area (Å²) in [5.74, 6) is 2.32. The molecule has 0 fully saturated rings. The Balaban J connectivity index is 2.19. The van der Waals surface area contributed by atoms with Gasteiger partial charge in [0.2, 0.25) is 5.28 Å². The summed E-state index contributed by atoms with van der Waals surface area (Å²) in [5.41, 5.74) is 6.28. The molecule has 0 bridgehead atoms. The van der Waals surface area contributed by atoms with E-state index in [1.165, 1.54) is 6.20 Å². The minimum Gasteiger partial charge on any atom is -0.464 e. The fourth-order valence-corrected chi connectivity index (χ4v) is 1.67. The summed E-state index contributed by atoms with van der Waals surface area (Å²) in [5, 5.41) is 0.177. The third-order valence-electron chi connectivity index (χ3n) is 2.32. The number of nitrogens with two attached hydrogens (primary N) is 1. The summed E-state index contributed by atoms with van der Waals surface area (Å²) >= 11 is 5.74. The van der Waals surface area contributed by atoms with Crippen molar-refractivity contribution in [2.75, 3.05) is 17.7 Å². The summed E-state index contributed by atoms with van der Waals surface area (Å²) in [4.78, 5) is 9.76. The Labute approximate surface area is 104 Å². The van der Waals surface area contributed by atoms with Gasteiger partial charge in [0.15, 0.2) is 5.82 Å². The van der Waals surface area contributed by atoms with Gasteiger partial charge in [0.05, 0.1) is 18.4 Å². The Bertz CT molecular complexity index is 526. The molecular weight excluding hydrogens is 240 g/mol. The SMILES string of the molecule is Cc1ccc(CN(C)c2nc(Cl)ncc2N)o1. The lowest BCUT2D eigenvalue weighted by atomic mass is 10.4. The van der Waals surface area contributed by atoms with E-state index >= 15 is 0 Å². The summed E-state index contributed by atoms with van der Waals surface area (Å²) in [6.07, 6.45) is 1.49. The Hall–Kier alpha value is -1.75. The van der Waals surface area contributed by atoms with Gasteiger partial charge in [-0.15, -0.1) is 0 Å². The van der Waals surface area contributed by atoms with Crippen LogP contribution in [-0.2, 0) is 6.54 Å². The van der Waals surface area contributed by atoms with Crippen molar-refractivity contribution < 1.29 is 4.42 Å². The third kappa shape index (κ3) is 2.68. The summed E-state index contributed by atoms with van der Waals surface area (Å²) in [6, 6.07) is 3.84. The number of rotatable bonds is 3. The molecule has 2 aromatic rings. The monoisotopic (exact) mass is 252 g/mol. The molecule has 6 heteroatoms. The molecule has 0 saturated heterocycles. The first-order valence-corrected chi connectivity index (χ1v) is 5.48. The molecule has 0 aliphatic heterocycles. The van der Waals surface area contributed by atoms with Crippen molar-refractivity contribution in [2.45, 2.75) is 13.5 Å². The van der Waals surface area contributed by atoms with Gasteiger partial charge in [0, 0.05) is 7.05 Å². The standard InChI is InChI=1S/C11H13ClN4O/c1-7-3-4-8(17-7)6-16(2)10-9(13)5-14-11(12)15-10/h3-5H,6,13H2,1-2H3. The van der Waals surface area contributed by atoms with Crippen molar-refractivity contribution in [2.24, 2.45) is 0 Å². The van der Waals surface area contributed by atoms with Crippen molar-refractivity contribution >= 4 is 23.1 Å². The number of hydrogen-bond acceptors (Lipinski definition) is 5. The Morgan fingerprint density at radius 3 is 2.88 bits per heavy atom. The molecule has 0 radical (unpaired) electrons. The van der Waals surface area contributed by atoms with Gasteiger partial charge in [0.1, 0.15) is 11.5 Å². The average molecular weight is 253 g/mol. The Morgan fingerprint density at radius 1 is 1.47 bits per heavy atom. The van der Waals surface area contributed by atoms with Crippen LogP contribution in [0.15, 0.2) is 22.7 Å². The molecule has 0 aliphatic rings. The molecule has 0 unspecified atom stereocenters. The van der Waals surface area contributed by atoms with Crippen LogP contribution in [0.1, 0.15) is 11.5 Å². The number of hydrogen-bond donors (Lipinski definition) is 1. The number of nitrogen functional groups attached to an aromatic ring is 1. The van der Waals surface area contributed by atoms with E-state index in [0.717, 1.165) is 11.5 Å². The molecule has 2 aromatic heterocycles. The van der Waals surface area contributed by atoms with Crippen LogP contribution in [0.3, 0.4) is 0 Å². The normalized spacial score (nSPS) is 10.5. The number of anilines is 2. The first-order valence-electron chi connectivity index (χ1n) is 5.10. The van der Waals surface area contributed by atoms with Gasteiger partial charge in [-0.2, -0.15) is 4.98 Å². The van der Waals surface area contributed by atoms with Crippen molar-refractivity contribution in [3.8, 4) is 0 Å². The zero-order chi connectivity index (χ0) is 12.4. The van der Waals surface area contributed by atoms with Crippen LogP contribution in [0, 0.1) is 6.92 Å². The fraction of sp³-hybridized carbons (Fsp3) is 0.273. The quantitative estimate of drug-likeness (QED) is 0.849. The van der Waals surface area contributed by atoms with Crippen molar-refractivity contribution in [1.82, 2.24) is 9.97 Å². The molecule has 0 aliphatic carbocycles. The number of halogens is 1. The van der Waals surface area contributed by atoms with E-state index in [9.17, 15) is 0 Å². The number of aromatic nitrogens is 2. The van der Waals surface area contributed by atoms with Gasteiger partial charge in [0.25, 0.3) is 0 Å². The Morgan fingerprint density at radius 2 is 2.24 bits per heavy atom. The van der Waals surface area contributed by atoms with Gasteiger partial charge >= 0.3 is 0 Å². The second kappa shape index (κ2) is 4.63. The van der Waals surface area contributed by atoms with Crippen molar-refractivity contribution in [3.63, 3.8) is 0 Å². The van der Waals surface area contributed by atoms with Crippen molar-refractivity contribution in [1.29, 1.82) is 0 Å². The number of nitrogens with zero attached hydrogens (tertiary/aromatic N) is 3. The van der Waals surface area contributed by atoms with Gasteiger partial charge < -0.3 is 15.1 Å². The lowest BCUT2D eigenvalue weighted by Gasteiger charge is -2.18. The maximum Gasteiger partial charge on any atom is 0.224 e. The van der Waals surface area contributed by atoms with Gasteiger partial charge in [-0.25, -0.2) is 4.98 Å². The fourth-order valence-electron chi connectivity index (χ4n) is 1.55. The molecule has 0 saturated carbocycles. The van der Waals surface area contributed by atoms with Crippen molar-refractivity contribution in [3.05, 3.63) is 35.1 Å². The Kier molecular flexibility index (Phi) is 3.19. The number of aryl methyl sites for hydroxylation is 1. The molecule has 0 spiro atoms. The zero-order valence-electron chi connectivity index (χ0n) is 9.64. The first-order chi connectivity index (χ1) is 8.06. The highest BCUT2D eigenvalue weighted by molar-refractivity contribution is 6.28. The van der Waals surface area contributed by atoms with E-state index in [1.54, 1.807) is 0 Å². The maximum absolute atomic E-state index is 5.79. The molecule has 90 valence electrons. The van der Waals surface area contributed by atoms with Crippen LogP contribution in [0.2, 0.25) is 5.28 Å². The highest BCUT2D eigenvalue weighted by Crippen LogP contribution is 2.21. The lowest BCUT2D eigenvalue weighted by molar-refractivity contribution is 0.481. The third-order valence-corrected chi connectivity index (χ3v) is 2.50. The molecular formula is C11H13ClN4O. The highest BCUT2D eigenvalue weighted by Gasteiger charge is 2.11. The first kappa shape index (κ1) is 11.7. The minimum atomic E-state index is 0.177. The zero-order valence-corrected chi connectivity index (χ0v) is 10.4. The molecule has 5 nitrogen and oxygen atoms in total. The molecule has 2 N–H and O–H groups in total. The predicted octanol–water partition coefficient (Wildman–Crippen LogP) is 2.25. The molecule has 2 rings (SSSR count). The lowest BCUT2D eigenvalue weighted by Crippen LogP contribution is -2.19. The largest absolute Gasteiger partial charge is 0.464 e. The summed E-state index contributed by atoms with van der Waals surface area (Å²) in [7, 11) is 1.87. The van der Waals surface area contributed by atoms with Crippen LogP contribution in [-0.4, -0.2) is 17.0 Å². The topological polar surface area (TPSA) is 68.2 Å². The predicted molar refractivity (Wildman–Crippen MR) is 67.0 cm³/mol. The van der Waals surface area contributed by atoms with Crippen LogP contribution < -0.4 is 10.6 Å². The van der Waals surface area contributed by atoms with E-state index in [4.69, 9.17) is 21.8 Å². The van der Waals surface area contributed by atoms with Gasteiger partial charge in [-0.1, -0.05) is 0 Å². The second-order valence-corrected chi connectivity index (χ2v) is 4.12. The van der Waals surface area contributed by atoms with Gasteiger partial charge in [-0.3, -0.25) is 0 Å². The van der Waals surface area contributed by atoms with E-state index in [1.807, 2.05) is 31.0 Å². The van der Waals surface area contributed by atoms with E-state index in [0.29, 0.717) is 18.1 Å². The average Bonchev–Trinajstić information content (AvgIpc) is 2.67. The summed E-state index contributed by atoms with van der Waals surface area (Å²) in [6.45, 7) is 2.48. The molecule has 0 aromatic carbocycles. The number of furan rings is 1. The summed E-state index contributed by atoms with van der Waals surface area (Å²) < 4.78 is 5.49. The minimum absolute atomic E-state index is 0.177. The van der Waals surface area contributed by atoms with E-state index < -0.39 is 0 Å². The molecule has 0 amide bonds. The van der Waals surface area contributed by atoms with Crippen LogP contribution in [0.25, 0.3) is 0 Å². The van der Waals surface area contributed by atoms with Crippen LogP contribution >= 0.6 is 11.6 Å². The maximum atomic E-state index is 5.79. The molecule has 17 heavy (non-hydrogen) atoms. The van der Waals surface area contributed by atoms with Crippen LogP contribution in [0.4, 0.5) is 11.5 Å². The highest BCUT2D eigenvalue weighted by atomic mass is 35.5. The van der Waals surface area contributed by atoms with Crippen LogP contribution in [0.5, 0.6) is 0 Å². The van der Waals surface area contributed by atoms with E-state index in [-0.39, 0.29) is 5.28 Å². The van der Waals surface area contributed by atoms with E-state index in [2.05, 4.69) is 9.97 Å². The second-order valence-electron chi connectivity index (χ2n) is 3.79. The molecule has 0 atom stereocenters. The smallest absolute Gasteiger partial charge is 0.224 e.